The highest BCUT2D eigenvalue weighted by molar-refractivity contribution is 6.31. The summed E-state index contributed by atoms with van der Waals surface area (Å²) in [6.45, 7) is 4.19. The molecular weight excluding hydrogens is 276 g/mol. The molecule has 0 atom stereocenters. The minimum absolute atomic E-state index is 0.122. The van der Waals surface area contributed by atoms with Gasteiger partial charge < -0.3 is 5.32 Å². The molecular formula is C15H15ClN2O2. The van der Waals surface area contributed by atoms with Gasteiger partial charge in [-0.1, -0.05) is 29.8 Å². The van der Waals surface area contributed by atoms with Gasteiger partial charge in [-0.15, -0.1) is 0 Å². The summed E-state index contributed by atoms with van der Waals surface area (Å²) in [5.41, 5.74) is 3.47. The van der Waals surface area contributed by atoms with E-state index in [4.69, 9.17) is 11.6 Å². The van der Waals surface area contributed by atoms with E-state index in [-0.39, 0.29) is 10.6 Å². The maximum atomic E-state index is 11.0. The second kappa shape index (κ2) is 5.92. The number of aryl methyl sites for hydroxylation is 2. The van der Waals surface area contributed by atoms with E-state index in [1.165, 1.54) is 0 Å². The quantitative estimate of drug-likeness (QED) is 0.667. The SMILES string of the molecule is Cc1cc(C)c([N+](=O)[O-])cc1NCc1ccccc1Cl. The summed E-state index contributed by atoms with van der Waals surface area (Å²) < 4.78 is 0. The lowest BCUT2D eigenvalue weighted by molar-refractivity contribution is -0.385. The Morgan fingerprint density at radius 3 is 2.55 bits per heavy atom. The lowest BCUT2D eigenvalue weighted by Gasteiger charge is -2.11. The van der Waals surface area contributed by atoms with E-state index < -0.39 is 0 Å². The molecule has 0 aliphatic heterocycles. The van der Waals surface area contributed by atoms with E-state index in [1.54, 1.807) is 13.0 Å². The number of nitro groups is 1. The molecule has 0 heterocycles. The first-order chi connectivity index (χ1) is 9.49. The zero-order valence-electron chi connectivity index (χ0n) is 11.3. The lowest BCUT2D eigenvalue weighted by atomic mass is 10.1. The third-order valence-electron chi connectivity index (χ3n) is 3.17. The number of hydrogen-bond donors (Lipinski definition) is 1. The number of nitrogens with zero attached hydrogens (tertiary/aromatic N) is 1. The molecule has 0 spiro atoms. The zero-order chi connectivity index (χ0) is 14.7. The van der Waals surface area contributed by atoms with Crippen molar-refractivity contribution < 1.29 is 4.92 Å². The second-order valence-electron chi connectivity index (χ2n) is 4.66. The predicted molar refractivity (Wildman–Crippen MR) is 81.3 cm³/mol. The van der Waals surface area contributed by atoms with Crippen molar-refractivity contribution in [2.24, 2.45) is 0 Å². The monoisotopic (exact) mass is 290 g/mol. The van der Waals surface area contributed by atoms with Gasteiger partial charge in [-0.2, -0.15) is 0 Å². The maximum Gasteiger partial charge on any atom is 0.274 e. The first kappa shape index (κ1) is 14.3. The predicted octanol–water partition coefficient (Wildman–Crippen LogP) is 4.48. The minimum atomic E-state index is -0.366. The van der Waals surface area contributed by atoms with Crippen LogP contribution in [0.2, 0.25) is 5.02 Å². The molecule has 1 N–H and O–H groups in total. The fraction of sp³-hybridized carbons (Fsp3) is 0.200. The Morgan fingerprint density at radius 1 is 1.20 bits per heavy atom. The van der Waals surface area contributed by atoms with E-state index >= 15 is 0 Å². The molecule has 0 saturated carbocycles. The van der Waals surface area contributed by atoms with Crippen molar-refractivity contribution in [3.05, 3.63) is 68.2 Å². The van der Waals surface area contributed by atoms with E-state index in [9.17, 15) is 10.1 Å². The highest BCUT2D eigenvalue weighted by Crippen LogP contribution is 2.27. The number of rotatable bonds is 4. The molecule has 0 fully saturated rings. The van der Waals surface area contributed by atoms with Crippen LogP contribution in [0, 0.1) is 24.0 Å². The number of halogens is 1. The summed E-state index contributed by atoms with van der Waals surface area (Å²) in [5.74, 6) is 0. The summed E-state index contributed by atoms with van der Waals surface area (Å²) in [7, 11) is 0. The molecule has 0 radical (unpaired) electrons. The minimum Gasteiger partial charge on any atom is -0.380 e. The molecule has 0 aliphatic rings. The molecule has 0 aromatic heterocycles. The van der Waals surface area contributed by atoms with E-state index in [2.05, 4.69) is 5.32 Å². The molecule has 0 bridgehead atoms. The van der Waals surface area contributed by atoms with Gasteiger partial charge in [0.05, 0.1) is 4.92 Å². The van der Waals surface area contributed by atoms with Crippen LogP contribution in [0.3, 0.4) is 0 Å². The molecule has 20 heavy (non-hydrogen) atoms. The maximum absolute atomic E-state index is 11.0. The van der Waals surface area contributed by atoms with E-state index in [1.807, 2.05) is 37.3 Å². The Morgan fingerprint density at radius 2 is 1.90 bits per heavy atom. The molecule has 5 heteroatoms. The van der Waals surface area contributed by atoms with Crippen molar-refractivity contribution in [3.63, 3.8) is 0 Å². The van der Waals surface area contributed by atoms with Crippen LogP contribution >= 0.6 is 11.6 Å². The summed E-state index contributed by atoms with van der Waals surface area (Å²) >= 11 is 6.09. The van der Waals surface area contributed by atoms with Gasteiger partial charge in [0.25, 0.3) is 5.69 Å². The van der Waals surface area contributed by atoms with Crippen LogP contribution in [0.1, 0.15) is 16.7 Å². The normalized spacial score (nSPS) is 10.3. The second-order valence-corrected chi connectivity index (χ2v) is 5.06. The van der Waals surface area contributed by atoms with Crippen molar-refractivity contribution in [3.8, 4) is 0 Å². The fourth-order valence-electron chi connectivity index (χ4n) is 2.06. The topological polar surface area (TPSA) is 55.2 Å². The Kier molecular flexibility index (Phi) is 4.25. The van der Waals surface area contributed by atoms with Crippen LogP contribution in [0.4, 0.5) is 11.4 Å². The van der Waals surface area contributed by atoms with Crippen molar-refractivity contribution in [2.45, 2.75) is 20.4 Å². The van der Waals surface area contributed by atoms with Crippen molar-refractivity contribution >= 4 is 23.0 Å². The van der Waals surface area contributed by atoms with Gasteiger partial charge in [0, 0.05) is 28.9 Å². The molecule has 2 rings (SSSR count). The average Bonchev–Trinajstić information content (AvgIpc) is 2.39. The largest absolute Gasteiger partial charge is 0.380 e. The van der Waals surface area contributed by atoms with Gasteiger partial charge in [-0.25, -0.2) is 0 Å². The first-order valence-corrected chi connectivity index (χ1v) is 6.59. The summed E-state index contributed by atoms with van der Waals surface area (Å²) in [6, 6.07) is 10.9. The molecule has 0 unspecified atom stereocenters. The first-order valence-electron chi connectivity index (χ1n) is 6.22. The van der Waals surface area contributed by atoms with E-state index in [0.717, 1.165) is 16.8 Å². The van der Waals surface area contributed by atoms with Crippen molar-refractivity contribution in [1.29, 1.82) is 0 Å². The number of anilines is 1. The Labute approximate surface area is 122 Å². The summed E-state index contributed by atoms with van der Waals surface area (Å²) in [6.07, 6.45) is 0. The number of nitro benzene ring substituents is 1. The molecule has 2 aromatic carbocycles. The molecule has 0 saturated heterocycles. The Hall–Kier alpha value is -2.07. The summed E-state index contributed by atoms with van der Waals surface area (Å²) in [4.78, 5) is 10.6. The molecule has 0 amide bonds. The lowest BCUT2D eigenvalue weighted by Crippen LogP contribution is -2.03. The zero-order valence-corrected chi connectivity index (χ0v) is 12.1. The molecule has 2 aromatic rings. The van der Waals surface area contributed by atoms with Crippen LogP contribution in [-0.2, 0) is 6.54 Å². The number of hydrogen-bond acceptors (Lipinski definition) is 3. The highest BCUT2D eigenvalue weighted by Gasteiger charge is 2.13. The molecule has 104 valence electrons. The fourth-order valence-corrected chi connectivity index (χ4v) is 2.26. The van der Waals surface area contributed by atoms with Gasteiger partial charge >= 0.3 is 0 Å². The standard InChI is InChI=1S/C15H15ClN2O2/c1-10-7-11(2)15(18(19)20)8-14(10)17-9-12-5-3-4-6-13(12)16/h3-8,17H,9H2,1-2H3. The molecule has 0 aliphatic carbocycles. The van der Waals surface area contributed by atoms with Gasteiger partial charge in [0.1, 0.15) is 0 Å². The van der Waals surface area contributed by atoms with Crippen LogP contribution in [0.15, 0.2) is 36.4 Å². The number of benzene rings is 2. The van der Waals surface area contributed by atoms with Gasteiger partial charge in [0.15, 0.2) is 0 Å². The third-order valence-corrected chi connectivity index (χ3v) is 3.54. The summed E-state index contributed by atoms with van der Waals surface area (Å²) in [5, 5.41) is 14.9. The van der Waals surface area contributed by atoms with Crippen LogP contribution in [0.5, 0.6) is 0 Å². The van der Waals surface area contributed by atoms with Gasteiger partial charge in [-0.05, 0) is 37.1 Å². The molecule has 4 nitrogen and oxygen atoms in total. The van der Waals surface area contributed by atoms with Crippen molar-refractivity contribution in [2.75, 3.05) is 5.32 Å². The average molecular weight is 291 g/mol. The smallest absolute Gasteiger partial charge is 0.274 e. The number of nitrogens with one attached hydrogen (secondary N) is 1. The van der Waals surface area contributed by atoms with Crippen LogP contribution in [-0.4, -0.2) is 4.92 Å². The Bertz CT molecular complexity index is 656. The van der Waals surface area contributed by atoms with Crippen molar-refractivity contribution in [1.82, 2.24) is 0 Å². The van der Waals surface area contributed by atoms with E-state index in [0.29, 0.717) is 17.1 Å². The van der Waals surface area contributed by atoms with Gasteiger partial charge in [-0.3, -0.25) is 10.1 Å². The third kappa shape index (κ3) is 3.08. The van der Waals surface area contributed by atoms with Crippen LogP contribution in [0.25, 0.3) is 0 Å². The highest BCUT2D eigenvalue weighted by atomic mass is 35.5. The van der Waals surface area contributed by atoms with Gasteiger partial charge in [0.2, 0.25) is 0 Å². The van der Waals surface area contributed by atoms with Crippen LogP contribution < -0.4 is 5.32 Å². The Balaban J connectivity index is 2.24.